The van der Waals surface area contributed by atoms with Crippen molar-refractivity contribution in [2.45, 2.75) is 97.8 Å². The summed E-state index contributed by atoms with van der Waals surface area (Å²) in [7, 11) is 0. The van der Waals surface area contributed by atoms with Crippen LogP contribution in [0.2, 0.25) is 0 Å². The number of carbonyl (C=O) groups is 3. The average molecular weight is 540 g/mol. The molecule has 0 fully saturated rings. The van der Waals surface area contributed by atoms with Gasteiger partial charge >= 0.3 is 6.09 Å². The first-order valence-electron chi connectivity index (χ1n) is 13.9. The Morgan fingerprint density at radius 2 is 1.56 bits per heavy atom. The number of nitrogens with one attached hydrogen (secondary N) is 2. The van der Waals surface area contributed by atoms with Crippen molar-refractivity contribution in [3.05, 3.63) is 59.7 Å². The highest BCUT2D eigenvalue weighted by molar-refractivity contribution is 5.99. The van der Waals surface area contributed by atoms with E-state index in [1.807, 2.05) is 31.2 Å². The van der Waals surface area contributed by atoms with Gasteiger partial charge in [-0.05, 0) is 70.4 Å². The average Bonchev–Trinajstić information content (AvgIpc) is 2.86. The molecule has 0 saturated heterocycles. The lowest BCUT2D eigenvalue weighted by molar-refractivity contribution is -0.140. The van der Waals surface area contributed by atoms with Crippen LogP contribution in [0.4, 0.5) is 10.5 Å². The lowest BCUT2D eigenvalue weighted by atomic mass is 10.0. The summed E-state index contributed by atoms with van der Waals surface area (Å²) in [6.45, 7) is 11.2. The highest BCUT2D eigenvalue weighted by Crippen LogP contribution is 2.27. The first-order chi connectivity index (χ1) is 18.4. The van der Waals surface area contributed by atoms with Crippen LogP contribution in [0.3, 0.4) is 0 Å². The van der Waals surface area contributed by atoms with E-state index < -0.39 is 29.7 Å². The molecule has 3 N–H and O–H groups in total. The Morgan fingerprint density at radius 1 is 0.949 bits per heavy atom. The highest BCUT2D eigenvalue weighted by Gasteiger charge is 2.34. The SMILES string of the molecule is CCCCCCCCN(C(=O)C(C)NC(=O)OC(C)(C)C)C(C(=O)Nc1ccccc1C)c1ccc(O)cc1. The number of unbranched alkanes of at least 4 members (excludes halogenated alkanes) is 5. The van der Waals surface area contributed by atoms with Crippen LogP contribution in [0.15, 0.2) is 48.5 Å². The summed E-state index contributed by atoms with van der Waals surface area (Å²) in [6, 6.07) is 11.8. The van der Waals surface area contributed by atoms with Crippen molar-refractivity contribution in [2.24, 2.45) is 0 Å². The number of ether oxygens (including phenoxy) is 1. The molecule has 0 bridgehead atoms. The van der Waals surface area contributed by atoms with Crippen molar-refractivity contribution < 1.29 is 24.2 Å². The number of anilines is 1. The Hall–Kier alpha value is -3.55. The maximum absolute atomic E-state index is 13.8. The van der Waals surface area contributed by atoms with E-state index in [9.17, 15) is 19.5 Å². The Labute approximate surface area is 233 Å². The molecule has 2 unspecified atom stereocenters. The van der Waals surface area contributed by atoms with Gasteiger partial charge in [0.05, 0.1) is 0 Å². The monoisotopic (exact) mass is 539 g/mol. The first kappa shape index (κ1) is 31.7. The van der Waals surface area contributed by atoms with Gasteiger partial charge in [-0.2, -0.15) is 0 Å². The van der Waals surface area contributed by atoms with E-state index in [0.29, 0.717) is 24.2 Å². The summed E-state index contributed by atoms with van der Waals surface area (Å²) in [4.78, 5) is 41.6. The largest absolute Gasteiger partial charge is 0.508 e. The van der Waals surface area contributed by atoms with Crippen LogP contribution >= 0.6 is 0 Å². The number of hydrogen-bond acceptors (Lipinski definition) is 5. The molecule has 3 amide bonds. The van der Waals surface area contributed by atoms with Gasteiger partial charge in [-0.1, -0.05) is 69.4 Å². The van der Waals surface area contributed by atoms with Crippen molar-refractivity contribution in [1.29, 1.82) is 0 Å². The number of alkyl carbamates (subject to hydrolysis) is 1. The minimum absolute atomic E-state index is 0.0607. The smallest absolute Gasteiger partial charge is 0.408 e. The minimum Gasteiger partial charge on any atom is -0.508 e. The molecule has 2 aromatic carbocycles. The summed E-state index contributed by atoms with van der Waals surface area (Å²) in [5.41, 5.74) is 1.39. The van der Waals surface area contributed by atoms with Gasteiger partial charge in [0.2, 0.25) is 5.91 Å². The van der Waals surface area contributed by atoms with Crippen LogP contribution in [0, 0.1) is 6.92 Å². The molecular weight excluding hydrogens is 494 g/mol. The molecule has 0 saturated carbocycles. The topological polar surface area (TPSA) is 108 Å². The van der Waals surface area contributed by atoms with Crippen molar-refractivity contribution in [1.82, 2.24) is 10.2 Å². The number of carbonyl (C=O) groups excluding carboxylic acids is 3. The molecule has 0 aliphatic heterocycles. The lowest BCUT2D eigenvalue weighted by Gasteiger charge is -2.34. The third-order valence-electron chi connectivity index (χ3n) is 6.31. The summed E-state index contributed by atoms with van der Waals surface area (Å²) < 4.78 is 5.34. The Morgan fingerprint density at radius 3 is 2.18 bits per heavy atom. The van der Waals surface area contributed by atoms with Gasteiger partial charge in [-0.25, -0.2) is 4.79 Å². The van der Waals surface area contributed by atoms with Gasteiger partial charge in [0.1, 0.15) is 23.4 Å². The number of benzene rings is 2. The van der Waals surface area contributed by atoms with Gasteiger partial charge in [0, 0.05) is 12.2 Å². The van der Waals surface area contributed by atoms with Gasteiger partial charge in [-0.3, -0.25) is 9.59 Å². The van der Waals surface area contributed by atoms with E-state index in [4.69, 9.17) is 4.74 Å². The zero-order chi connectivity index (χ0) is 29.0. The van der Waals surface area contributed by atoms with Crippen LogP contribution in [0.25, 0.3) is 0 Å². The molecule has 0 heterocycles. The van der Waals surface area contributed by atoms with Gasteiger partial charge in [0.25, 0.3) is 5.91 Å². The number of phenolic OH excluding ortho intramolecular Hbond substituents is 1. The third kappa shape index (κ3) is 10.6. The highest BCUT2D eigenvalue weighted by atomic mass is 16.6. The maximum atomic E-state index is 13.8. The molecule has 39 heavy (non-hydrogen) atoms. The van der Waals surface area contributed by atoms with E-state index in [1.165, 1.54) is 17.0 Å². The second-order valence-corrected chi connectivity index (χ2v) is 11.0. The second kappa shape index (κ2) is 15.1. The van der Waals surface area contributed by atoms with Crippen LogP contribution in [-0.2, 0) is 14.3 Å². The number of rotatable bonds is 13. The van der Waals surface area contributed by atoms with E-state index in [1.54, 1.807) is 39.8 Å². The number of hydrogen-bond donors (Lipinski definition) is 3. The standard InChI is InChI=1S/C31H45N3O5/c1-7-8-9-10-11-14-21-34(29(37)23(3)32-30(38)39-31(4,5)6)27(24-17-19-25(35)20-18-24)28(36)33-26-16-13-12-15-22(26)2/h12-13,15-20,23,27,35H,7-11,14,21H2,1-6H3,(H,32,38)(H,33,36). The number of amides is 3. The number of phenols is 1. The van der Waals surface area contributed by atoms with Gasteiger partial charge in [0.15, 0.2) is 0 Å². The summed E-state index contributed by atoms with van der Waals surface area (Å²) in [5, 5.41) is 15.5. The predicted molar refractivity (Wildman–Crippen MR) is 155 cm³/mol. The number of para-hydroxylation sites is 1. The molecule has 2 rings (SSSR count). The molecule has 0 spiro atoms. The number of aryl methyl sites for hydroxylation is 1. The van der Waals surface area contributed by atoms with Gasteiger partial charge < -0.3 is 25.4 Å². The zero-order valence-electron chi connectivity index (χ0n) is 24.3. The molecule has 2 aromatic rings. The molecular formula is C31H45N3O5. The lowest BCUT2D eigenvalue weighted by Crippen LogP contribution is -2.51. The normalized spacial score (nSPS) is 12.8. The van der Waals surface area contributed by atoms with Crippen molar-refractivity contribution >= 4 is 23.6 Å². The second-order valence-electron chi connectivity index (χ2n) is 11.0. The van der Waals surface area contributed by atoms with Crippen LogP contribution in [0.5, 0.6) is 5.75 Å². The Bertz CT molecular complexity index is 1080. The molecule has 0 aliphatic carbocycles. The third-order valence-corrected chi connectivity index (χ3v) is 6.31. The maximum Gasteiger partial charge on any atom is 0.408 e. The van der Waals surface area contributed by atoms with Crippen LogP contribution in [-0.4, -0.2) is 46.1 Å². The summed E-state index contributed by atoms with van der Waals surface area (Å²) in [6.07, 6.45) is 5.39. The fourth-order valence-corrected chi connectivity index (χ4v) is 4.27. The Balaban J connectivity index is 2.39. The van der Waals surface area contributed by atoms with E-state index in [2.05, 4.69) is 17.6 Å². The molecule has 0 radical (unpaired) electrons. The number of nitrogens with zero attached hydrogens (tertiary/aromatic N) is 1. The number of aromatic hydroxyl groups is 1. The zero-order valence-corrected chi connectivity index (χ0v) is 24.3. The van der Waals surface area contributed by atoms with E-state index in [0.717, 1.165) is 37.7 Å². The molecule has 8 nitrogen and oxygen atoms in total. The summed E-state index contributed by atoms with van der Waals surface area (Å²) in [5.74, 6) is -0.711. The van der Waals surface area contributed by atoms with Gasteiger partial charge in [-0.15, -0.1) is 0 Å². The summed E-state index contributed by atoms with van der Waals surface area (Å²) >= 11 is 0. The molecule has 0 aliphatic rings. The van der Waals surface area contributed by atoms with Crippen molar-refractivity contribution in [2.75, 3.05) is 11.9 Å². The van der Waals surface area contributed by atoms with Crippen LogP contribution < -0.4 is 10.6 Å². The molecule has 2 atom stereocenters. The minimum atomic E-state index is -0.976. The quantitative estimate of drug-likeness (QED) is 0.252. The van der Waals surface area contributed by atoms with Crippen molar-refractivity contribution in [3.8, 4) is 5.75 Å². The predicted octanol–water partition coefficient (Wildman–Crippen LogP) is 6.48. The fraction of sp³-hybridized carbons (Fsp3) is 0.516. The first-order valence-corrected chi connectivity index (χ1v) is 13.9. The molecule has 0 aromatic heterocycles. The molecule has 8 heteroatoms. The van der Waals surface area contributed by atoms with Crippen LogP contribution in [0.1, 0.15) is 90.3 Å². The Kier molecular flexibility index (Phi) is 12.3. The fourth-order valence-electron chi connectivity index (χ4n) is 4.27. The van der Waals surface area contributed by atoms with E-state index in [-0.39, 0.29) is 11.7 Å². The van der Waals surface area contributed by atoms with Crippen molar-refractivity contribution in [3.63, 3.8) is 0 Å². The molecule has 214 valence electrons. The van der Waals surface area contributed by atoms with E-state index >= 15 is 0 Å².